The zero-order valence-corrected chi connectivity index (χ0v) is 25.4. The lowest BCUT2D eigenvalue weighted by Gasteiger charge is -2.24. The number of rotatable bonds is 11. The van der Waals surface area contributed by atoms with E-state index >= 15 is 0 Å². The number of ether oxygens (including phenoxy) is 4. The van der Waals surface area contributed by atoms with Crippen LogP contribution < -0.4 is 14.8 Å². The minimum atomic E-state index is -0.00463. The van der Waals surface area contributed by atoms with Crippen molar-refractivity contribution < 1.29 is 23.7 Å². The van der Waals surface area contributed by atoms with Gasteiger partial charge in [0.2, 0.25) is 0 Å². The second-order valence-corrected chi connectivity index (χ2v) is 11.4. The van der Waals surface area contributed by atoms with E-state index in [2.05, 4.69) is 45.3 Å². The lowest BCUT2D eigenvalue weighted by Crippen LogP contribution is -2.36. The zero-order valence-electron chi connectivity index (χ0n) is 25.4. The fourth-order valence-electron chi connectivity index (χ4n) is 5.81. The average molecular weight is 595 g/mol. The molecule has 2 saturated heterocycles. The monoisotopic (exact) mass is 594 g/mol. The number of hydrogen-bond donors (Lipinski definition) is 1. The third-order valence-corrected chi connectivity index (χ3v) is 8.02. The molecule has 0 aliphatic carbocycles. The van der Waals surface area contributed by atoms with Crippen molar-refractivity contribution >= 4 is 28.2 Å². The molecule has 2 atom stereocenters. The summed E-state index contributed by atoms with van der Waals surface area (Å²) in [7, 11) is 1.60. The van der Waals surface area contributed by atoms with E-state index in [-0.39, 0.29) is 24.4 Å². The maximum absolute atomic E-state index is 13.0. The van der Waals surface area contributed by atoms with Crippen molar-refractivity contribution in [1.82, 2.24) is 14.9 Å². The molecule has 2 fully saturated rings. The maximum Gasteiger partial charge on any atom is 0.159 e. The number of fused-ring (bicyclic) bond motifs is 2. The Morgan fingerprint density at radius 2 is 1.84 bits per heavy atom. The van der Waals surface area contributed by atoms with Crippen molar-refractivity contribution in [3.05, 3.63) is 95.3 Å². The Morgan fingerprint density at radius 3 is 2.59 bits per heavy atom. The molecule has 2 aliphatic heterocycles. The van der Waals surface area contributed by atoms with Crippen LogP contribution in [0.2, 0.25) is 0 Å². The van der Waals surface area contributed by atoms with E-state index in [0.717, 1.165) is 52.1 Å². The fourth-order valence-corrected chi connectivity index (χ4v) is 5.81. The normalized spacial score (nSPS) is 18.4. The minimum Gasteiger partial charge on any atom is -0.496 e. The molecule has 0 saturated carbocycles. The van der Waals surface area contributed by atoms with Gasteiger partial charge in [-0.3, -0.25) is 9.69 Å². The molecule has 1 N–H and O–H groups in total. The van der Waals surface area contributed by atoms with Gasteiger partial charge < -0.3 is 24.3 Å². The number of benzene rings is 3. The highest BCUT2D eigenvalue weighted by Gasteiger charge is 2.35. The van der Waals surface area contributed by atoms with Gasteiger partial charge in [0, 0.05) is 48.8 Å². The summed E-state index contributed by atoms with van der Waals surface area (Å²) in [6, 6.07) is 18.1. The number of carbonyl (C=O) groups is 1. The van der Waals surface area contributed by atoms with Gasteiger partial charge in [-0.05, 0) is 55.3 Å². The molecule has 9 heteroatoms. The van der Waals surface area contributed by atoms with Gasteiger partial charge in [0.05, 0.1) is 38.0 Å². The Kier molecular flexibility index (Phi) is 9.16. The number of allylic oxidation sites excluding steroid dienone is 1. The van der Waals surface area contributed by atoms with Crippen LogP contribution in [0, 0.1) is 13.8 Å². The molecule has 0 bridgehead atoms. The van der Waals surface area contributed by atoms with Gasteiger partial charge in [-0.1, -0.05) is 35.9 Å². The first-order valence-electron chi connectivity index (χ1n) is 15.0. The standard InChI is InChI=1S/C35H38N4O5/c1-23-6-4-7-25(14-23)21-44-31-10-9-27(15-24(31)2)38-35-29-17-26(32(41-3)18-30(29)36-22-37-35)16-28(40)8-5-11-39-19-33-34(20-39)43-13-12-42-33/h4-10,14-15,17-18,22,33-34H,11-13,16,19-21H2,1-3H3,(H,36,37,38)/b8-5+/t33-,34+. The lowest BCUT2D eigenvalue weighted by molar-refractivity contribution is -0.116. The fraction of sp³-hybridized carbons (Fsp3) is 0.343. The van der Waals surface area contributed by atoms with Gasteiger partial charge >= 0.3 is 0 Å². The van der Waals surface area contributed by atoms with Gasteiger partial charge in [-0.15, -0.1) is 0 Å². The summed E-state index contributed by atoms with van der Waals surface area (Å²) in [5, 5.41) is 4.23. The second-order valence-electron chi connectivity index (χ2n) is 11.4. The number of likely N-dealkylation sites (tertiary alicyclic amines) is 1. The van der Waals surface area contributed by atoms with Crippen molar-refractivity contribution in [3.8, 4) is 11.5 Å². The van der Waals surface area contributed by atoms with Crippen LogP contribution in [0.1, 0.15) is 22.3 Å². The Labute approximate surface area is 257 Å². The molecule has 228 valence electrons. The number of nitrogens with one attached hydrogen (secondary N) is 1. The van der Waals surface area contributed by atoms with Crippen LogP contribution in [-0.4, -0.2) is 72.8 Å². The van der Waals surface area contributed by atoms with Crippen LogP contribution in [0.15, 0.2) is 73.1 Å². The molecule has 0 unspecified atom stereocenters. The van der Waals surface area contributed by atoms with Gasteiger partial charge in [0.25, 0.3) is 0 Å². The summed E-state index contributed by atoms with van der Waals surface area (Å²) in [4.78, 5) is 24.2. The van der Waals surface area contributed by atoms with E-state index in [9.17, 15) is 4.79 Å². The molecular weight excluding hydrogens is 556 g/mol. The van der Waals surface area contributed by atoms with Crippen molar-refractivity contribution in [2.24, 2.45) is 0 Å². The molecule has 3 heterocycles. The topological polar surface area (TPSA) is 95.0 Å². The molecule has 1 aromatic heterocycles. The van der Waals surface area contributed by atoms with E-state index in [0.29, 0.717) is 37.9 Å². The minimum absolute atomic E-state index is 0.00463. The van der Waals surface area contributed by atoms with Crippen LogP contribution in [0.3, 0.4) is 0 Å². The quantitative estimate of drug-likeness (QED) is 0.231. The van der Waals surface area contributed by atoms with Gasteiger partial charge in [0.1, 0.15) is 30.3 Å². The second kappa shape index (κ2) is 13.5. The predicted molar refractivity (Wildman–Crippen MR) is 170 cm³/mol. The number of anilines is 2. The van der Waals surface area contributed by atoms with E-state index in [1.165, 1.54) is 11.9 Å². The molecule has 2 aliphatic rings. The lowest BCUT2D eigenvalue weighted by atomic mass is 10.0. The van der Waals surface area contributed by atoms with Crippen molar-refractivity contribution in [1.29, 1.82) is 0 Å². The summed E-state index contributed by atoms with van der Waals surface area (Å²) in [6.45, 7) is 8.22. The molecular formula is C35H38N4O5. The van der Waals surface area contributed by atoms with Crippen LogP contribution in [0.5, 0.6) is 11.5 Å². The number of aryl methyl sites for hydroxylation is 2. The predicted octanol–water partition coefficient (Wildman–Crippen LogP) is 5.35. The van der Waals surface area contributed by atoms with Gasteiger partial charge in [-0.2, -0.15) is 0 Å². The molecule has 44 heavy (non-hydrogen) atoms. The zero-order chi connectivity index (χ0) is 30.5. The smallest absolute Gasteiger partial charge is 0.159 e. The summed E-state index contributed by atoms with van der Waals surface area (Å²) < 4.78 is 23.3. The van der Waals surface area contributed by atoms with Crippen LogP contribution in [0.25, 0.3) is 10.9 Å². The summed E-state index contributed by atoms with van der Waals surface area (Å²) in [6.07, 6.45) is 5.54. The summed E-state index contributed by atoms with van der Waals surface area (Å²) in [5.74, 6) is 2.09. The van der Waals surface area contributed by atoms with E-state index in [4.69, 9.17) is 18.9 Å². The molecule has 9 nitrogen and oxygen atoms in total. The first kappa shape index (κ1) is 29.7. The third-order valence-electron chi connectivity index (χ3n) is 8.02. The molecule has 6 rings (SSSR count). The van der Waals surface area contributed by atoms with Crippen LogP contribution >= 0.6 is 0 Å². The number of methoxy groups -OCH3 is 1. The SMILES string of the molecule is COc1cc2ncnc(Nc3ccc(OCc4cccc(C)c4)c(C)c3)c2cc1CC(=O)/C=C/CN1C[C@@H]2OCCO[C@@H]2C1. The van der Waals surface area contributed by atoms with Gasteiger partial charge in [0.15, 0.2) is 5.78 Å². The number of ketones is 1. The Hall–Kier alpha value is -4.31. The summed E-state index contributed by atoms with van der Waals surface area (Å²) in [5.41, 5.74) is 5.72. The first-order valence-corrected chi connectivity index (χ1v) is 15.0. The molecule has 3 aromatic carbocycles. The Morgan fingerprint density at radius 1 is 1.02 bits per heavy atom. The van der Waals surface area contributed by atoms with Crippen LogP contribution in [0.4, 0.5) is 11.5 Å². The maximum atomic E-state index is 13.0. The summed E-state index contributed by atoms with van der Waals surface area (Å²) >= 11 is 0. The number of carbonyl (C=O) groups excluding carboxylic acids is 1. The molecule has 0 spiro atoms. The Balaban J connectivity index is 1.13. The largest absolute Gasteiger partial charge is 0.496 e. The number of hydrogen-bond acceptors (Lipinski definition) is 9. The van der Waals surface area contributed by atoms with E-state index < -0.39 is 0 Å². The number of aromatic nitrogens is 2. The Bertz CT molecular complexity index is 1660. The molecule has 4 aromatic rings. The van der Waals surface area contributed by atoms with Crippen molar-refractivity contribution in [2.75, 3.05) is 45.3 Å². The van der Waals surface area contributed by atoms with Crippen LogP contribution in [-0.2, 0) is 27.3 Å². The highest BCUT2D eigenvalue weighted by atomic mass is 16.6. The first-order chi connectivity index (χ1) is 21.4. The molecule has 0 radical (unpaired) electrons. The average Bonchev–Trinajstić information content (AvgIpc) is 3.43. The number of nitrogens with zero attached hydrogens (tertiary/aromatic N) is 3. The van der Waals surface area contributed by atoms with E-state index in [1.54, 1.807) is 13.2 Å². The third kappa shape index (κ3) is 7.07. The van der Waals surface area contributed by atoms with Crippen molar-refractivity contribution in [3.63, 3.8) is 0 Å². The van der Waals surface area contributed by atoms with E-state index in [1.807, 2.05) is 49.4 Å². The highest BCUT2D eigenvalue weighted by molar-refractivity contribution is 5.96. The van der Waals surface area contributed by atoms with Crippen molar-refractivity contribution in [2.45, 2.75) is 39.1 Å². The van der Waals surface area contributed by atoms with Gasteiger partial charge in [-0.25, -0.2) is 9.97 Å². The molecule has 0 amide bonds. The highest BCUT2D eigenvalue weighted by Crippen LogP contribution is 2.31.